The van der Waals surface area contributed by atoms with Gasteiger partial charge in [0.25, 0.3) is 0 Å². The Morgan fingerprint density at radius 2 is 1.88 bits per heavy atom. The third-order valence-corrected chi connectivity index (χ3v) is 4.46. The van der Waals surface area contributed by atoms with Crippen LogP contribution in [0.2, 0.25) is 0 Å². The van der Waals surface area contributed by atoms with Crippen molar-refractivity contribution in [2.24, 2.45) is 0 Å². The number of aryl methyl sites for hydroxylation is 2. The Morgan fingerprint density at radius 3 is 2.56 bits per heavy atom. The van der Waals surface area contributed by atoms with Gasteiger partial charge >= 0.3 is 0 Å². The van der Waals surface area contributed by atoms with Gasteiger partial charge in [-0.15, -0.1) is 0 Å². The average Bonchev–Trinajstić information content (AvgIpc) is 2.58. The lowest BCUT2D eigenvalue weighted by atomic mass is 10.0. The lowest BCUT2D eigenvalue weighted by molar-refractivity contribution is 0.288. The number of nitrogens with zero attached hydrogens (tertiary/aromatic N) is 1. The fourth-order valence-electron chi connectivity index (χ4n) is 2.74. The zero-order chi connectivity index (χ0) is 18.4. The lowest BCUT2D eigenvalue weighted by Gasteiger charge is -2.27. The van der Waals surface area contributed by atoms with Crippen LogP contribution >= 0.6 is 12.2 Å². The van der Waals surface area contributed by atoms with Gasteiger partial charge in [0.1, 0.15) is 5.75 Å². The number of benzene rings is 2. The summed E-state index contributed by atoms with van der Waals surface area (Å²) in [4.78, 5) is 2.16. The third kappa shape index (κ3) is 5.18. The molecule has 1 atom stereocenters. The molecule has 0 saturated carbocycles. The van der Waals surface area contributed by atoms with E-state index >= 15 is 0 Å². The van der Waals surface area contributed by atoms with Gasteiger partial charge in [0, 0.05) is 17.8 Å². The molecule has 2 aromatic rings. The molecular formula is C20H27N3OS. The van der Waals surface area contributed by atoms with Crippen molar-refractivity contribution in [1.29, 1.82) is 0 Å². The number of para-hydroxylation sites is 1. The molecule has 2 rings (SSSR count). The first-order valence-electron chi connectivity index (χ1n) is 8.33. The maximum atomic E-state index is 5.50. The largest absolute Gasteiger partial charge is 0.496 e. The SMILES string of the molecule is COc1ccccc1[C@@H](CNC(=S)Nc1cc(C)ccc1C)N(C)C. The van der Waals surface area contributed by atoms with E-state index in [0.717, 1.165) is 17.0 Å². The molecule has 4 nitrogen and oxygen atoms in total. The van der Waals surface area contributed by atoms with Gasteiger partial charge in [-0.05, 0) is 63.4 Å². The van der Waals surface area contributed by atoms with Crippen LogP contribution in [0.5, 0.6) is 5.75 Å². The summed E-state index contributed by atoms with van der Waals surface area (Å²) < 4.78 is 5.50. The Labute approximate surface area is 156 Å². The molecule has 0 aromatic heterocycles. The van der Waals surface area contributed by atoms with Gasteiger partial charge in [0.2, 0.25) is 0 Å². The van der Waals surface area contributed by atoms with Crippen LogP contribution in [-0.4, -0.2) is 37.8 Å². The summed E-state index contributed by atoms with van der Waals surface area (Å²) in [5.41, 5.74) is 4.55. The summed E-state index contributed by atoms with van der Waals surface area (Å²) in [6.45, 7) is 4.83. The first kappa shape index (κ1) is 19.2. The third-order valence-electron chi connectivity index (χ3n) is 4.22. The van der Waals surface area contributed by atoms with E-state index in [4.69, 9.17) is 17.0 Å². The van der Waals surface area contributed by atoms with Crippen LogP contribution in [0.25, 0.3) is 0 Å². The van der Waals surface area contributed by atoms with Crippen molar-refractivity contribution in [3.05, 3.63) is 59.2 Å². The molecular weight excluding hydrogens is 330 g/mol. The summed E-state index contributed by atoms with van der Waals surface area (Å²) in [7, 11) is 5.81. The number of thiocarbonyl (C=S) groups is 1. The van der Waals surface area contributed by atoms with Crippen LogP contribution in [0.4, 0.5) is 5.69 Å². The molecule has 2 N–H and O–H groups in total. The quantitative estimate of drug-likeness (QED) is 0.767. The van der Waals surface area contributed by atoms with Gasteiger partial charge in [-0.1, -0.05) is 30.3 Å². The van der Waals surface area contributed by atoms with Gasteiger partial charge in [-0.3, -0.25) is 0 Å². The van der Waals surface area contributed by atoms with E-state index in [-0.39, 0.29) is 6.04 Å². The molecule has 0 aliphatic carbocycles. The summed E-state index contributed by atoms with van der Waals surface area (Å²) in [5.74, 6) is 0.886. The highest BCUT2D eigenvalue weighted by atomic mass is 32.1. The second-order valence-corrected chi connectivity index (χ2v) is 6.78. The predicted molar refractivity (Wildman–Crippen MR) is 110 cm³/mol. The fraction of sp³-hybridized carbons (Fsp3) is 0.350. The molecule has 25 heavy (non-hydrogen) atoms. The number of hydrogen-bond donors (Lipinski definition) is 2. The molecule has 0 heterocycles. The number of hydrogen-bond acceptors (Lipinski definition) is 3. The van der Waals surface area contributed by atoms with Crippen molar-refractivity contribution in [3.63, 3.8) is 0 Å². The minimum absolute atomic E-state index is 0.148. The molecule has 2 aromatic carbocycles. The molecule has 0 amide bonds. The molecule has 0 saturated heterocycles. The fourth-order valence-corrected chi connectivity index (χ4v) is 2.93. The maximum Gasteiger partial charge on any atom is 0.170 e. The Morgan fingerprint density at radius 1 is 1.16 bits per heavy atom. The number of anilines is 1. The Hall–Kier alpha value is -2.11. The number of rotatable bonds is 6. The summed E-state index contributed by atoms with van der Waals surface area (Å²) >= 11 is 5.48. The highest BCUT2D eigenvalue weighted by molar-refractivity contribution is 7.80. The van der Waals surface area contributed by atoms with E-state index in [9.17, 15) is 0 Å². The normalized spacial score (nSPS) is 11.9. The van der Waals surface area contributed by atoms with Crippen molar-refractivity contribution in [1.82, 2.24) is 10.2 Å². The van der Waals surface area contributed by atoms with Crippen molar-refractivity contribution < 1.29 is 4.74 Å². The van der Waals surface area contributed by atoms with Crippen LogP contribution in [0.15, 0.2) is 42.5 Å². The van der Waals surface area contributed by atoms with E-state index in [1.807, 2.05) is 18.2 Å². The van der Waals surface area contributed by atoms with Crippen LogP contribution in [-0.2, 0) is 0 Å². The highest BCUT2D eigenvalue weighted by Gasteiger charge is 2.18. The topological polar surface area (TPSA) is 36.5 Å². The van der Waals surface area contributed by atoms with Crippen molar-refractivity contribution in [2.45, 2.75) is 19.9 Å². The Kier molecular flexibility index (Phi) is 6.79. The number of likely N-dealkylation sites (N-methyl/N-ethyl adjacent to an activating group) is 1. The maximum absolute atomic E-state index is 5.50. The summed E-state index contributed by atoms with van der Waals surface area (Å²) in [6.07, 6.45) is 0. The molecule has 134 valence electrons. The molecule has 0 bridgehead atoms. The lowest BCUT2D eigenvalue weighted by Crippen LogP contribution is -2.37. The highest BCUT2D eigenvalue weighted by Crippen LogP contribution is 2.27. The van der Waals surface area contributed by atoms with Gasteiger partial charge < -0.3 is 20.3 Å². The van der Waals surface area contributed by atoms with Gasteiger partial charge in [0.15, 0.2) is 5.11 Å². The predicted octanol–water partition coefficient (Wildman–Crippen LogP) is 3.90. The average molecular weight is 358 g/mol. The molecule has 0 unspecified atom stereocenters. The Balaban J connectivity index is 2.06. The first-order valence-corrected chi connectivity index (χ1v) is 8.74. The van der Waals surface area contributed by atoms with Crippen molar-refractivity contribution in [3.8, 4) is 5.75 Å². The summed E-state index contributed by atoms with van der Waals surface area (Å²) in [5, 5.41) is 7.25. The van der Waals surface area contributed by atoms with Crippen LogP contribution in [0.1, 0.15) is 22.7 Å². The first-order chi connectivity index (χ1) is 11.9. The van der Waals surface area contributed by atoms with Crippen LogP contribution in [0, 0.1) is 13.8 Å². The second-order valence-electron chi connectivity index (χ2n) is 6.37. The smallest absolute Gasteiger partial charge is 0.170 e. The molecule has 0 fully saturated rings. The minimum atomic E-state index is 0.148. The summed E-state index contributed by atoms with van der Waals surface area (Å²) in [6, 6.07) is 14.5. The number of nitrogens with one attached hydrogen (secondary N) is 2. The molecule has 0 aliphatic rings. The molecule has 0 aliphatic heterocycles. The van der Waals surface area contributed by atoms with E-state index in [0.29, 0.717) is 11.7 Å². The van der Waals surface area contributed by atoms with E-state index in [1.54, 1.807) is 7.11 Å². The van der Waals surface area contributed by atoms with Crippen LogP contribution < -0.4 is 15.4 Å². The van der Waals surface area contributed by atoms with Crippen LogP contribution in [0.3, 0.4) is 0 Å². The monoisotopic (exact) mass is 357 g/mol. The van der Waals surface area contributed by atoms with E-state index in [2.05, 4.69) is 67.7 Å². The zero-order valence-corrected chi connectivity index (χ0v) is 16.4. The number of ether oxygens (including phenoxy) is 1. The standard InChI is InChI=1S/C20H27N3OS/c1-14-10-11-15(2)17(12-14)22-20(25)21-13-18(23(3)4)16-8-6-7-9-19(16)24-5/h6-12,18H,13H2,1-5H3,(H2,21,22,25)/t18-/m1/s1. The Bertz CT molecular complexity index is 731. The second kappa shape index (κ2) is 8.83. The van der Waals surface area contributed by atoms with Gasteiger partial charge in [-0.2, -0.15) is 0 Å². The molecule has 5 heteroatoms. The van der Waals surface area contributed by atoms with Gasteiger partial charge in [-0.25, -0.2) is 0 Å². The van der Waals surface area contributed by atoms with E-state index in [1.165, 1.54) is 11.1 Å². The zero-order valence-electron chi connectivity index (χ0n) is 15.6. The van der Waals surface area contributed by atoms with E-state index < -0.39 is 0 Å². The van der Waals surface area contributed by atoms with Crippen molar-refractivity contribution in [2.75, 3.05) is 33.1 Å². The minimum Gasteiger partial charge on any atom is -0.496 e. The van der Waals surface area contributed by atoms with Gasteiger partial charge in [0.05, 0.1) is 13.2 Å². The van der Waals surface area contributed by atoms with Crippen molar-refractivity contribution >= 4 is 23.0 Å². The molecule has 0 radical (unpaired) electrons. The number of methoxy groups -OCH3 is 1. The molecule has 0 spiro atoms.